The van der Waals surface area contributed by atoms with Crippen molar-refractivity contribution in [3.05, 3.63) is 27.7 Å². The summed E-state index contributed by atoms with van der Waals surface area (Å²) in [5.74, 6) is -0.634. The summed E-state index contributed by atoms with van der Waals surface area (Å²) in [5.41, 5.74) is 6.05. The molecule has 4 nitrogen and oxygen atoms in total. The van der Waals surface area contributed by atoms with Gasteiger partial charge in [0.15, 0.2) is 0 Å². The molecule has 0 amide bonds. The number of methoxy groups -OCH3 is 1. The lowest BCUT2D eigenvalue weighted by Gasteiger charge is -2.13. The van der Waals surface area contributed by atoms with Gasteiger partial charge in [0.05, 0.1) is 18.6 Å². The summed E-state index contributed by atoms with van der Waals surface area (Å²) in [7, 11) is 1.26. The molecule has 88 valence electrons. The fraction of sp³-hybridized carbons (Fsp3) is 0.300. The van der Waals surface area contributed by atoms with Gasteiger partial charge in [-0.3, -0.25) is 4.79 Å². The number of aromatic hydroxyl groups is 1. The number of nitrogens with two attached hydrogens (primary N) is 1. The van der Waals surface area contributed by atoms with E-state index < -0.39 is 12.0 Å². The van der Waals surface area contributed by atoms with Crippen molar-refractivity contribution in [2.75, 3.05) is 7.11 Å². The number of ether oxygens (including phenoxy) is 1. The van der Waals surface area contributed by atoms with E-state index in [1.54, 1.807) is 0 Å². The normalized spacial score (nSPS) is 12.2. The second-order valence-electron chi connectivity index (χ2n) is 3.21. The van der Waals surface area contributed by atoms with Crippen LogP contribution in [0.4, 0.5) is 0 Å². The Hall–Kier alpha value is -0.970. The molecular weight excluding hydrogens is 253 g/mol. The molecule has 1 atom stereocenters. The molecule has 0 heterocycles. The Labute approximate surface area is 103 Å². The number of carbonyl (C=O) groups is 1. The van der Waals surface area contributed by atoms with Gasteiger partial charge in [0.1, 0.15) is 5.75 Å². The molecule has 0 fully saturated rings. The minimum atomic E-state index is -0.705. The summed E-state index contributed by atoms with van der Waals surface area (Å²) in [4.78, 5) is 11.0. The molecule has 0 radical (unpaired) electrons. The molecule has 0 aliphatic rings. The predicted molar refractivity (Wildman–Crippen MR) is 61.7 cm³/mol. The van der Waals surface area contributed by atoms with Crippen molar-refractivity contribution in [3.8, 4) is 5.75 Å². The molecule has 1 aromatic rings. The number of halogens is 2. The first-order valence-corrected chi connectivity index (χ1v) is 5.21. The van der Waals surface area contributed by atoms with Crippen molar-refractivity contribution in [1.29, 1.82) is 0 Å². The fourth-order valence-corrected chi connectivity index (χ4v) is 1.75. The number of carbonyl (C=O) groups excluding carboxylic acids is 1. The first-order valence-electron chi connectivity index (χ1n) is 4.46. The average molecular weight is 264 g/mol. The Kier molecular flexibility index (Phi) is 4.41. The van der Waals surface area contributed by atoms with E-state index in [9.17, 15) is 9.90 Å². The summed E-state index contributed by atoms with van der Waals surface area (Å²) in [6, 6.07) is 2.16. The third-order valence-electron chi connectivity index (χ3n) is 2.07. The van der Waals surface area contributed by atoms with Gasteiger partial charge < -0.3 is 15.6 Å². The summed E-state index contributed by atoms with van der Waals surface area (Å²) < 4.78 is 4.48. The molecule has 1 aromatic carbocycles. The highest BCUT2D eigenvalue weighted by Crippen LogP contribution is 2.35. The summed E-state index contributed by atoms with van der Waals surface area (Å²) >= 11 is 11.5. The molecule has 0 aromatic heterocycles. The van der Waals surface area contributed by atoms with Gasteiger partial charge in [0, 0.05) is 16.6 Å². The number of hydrogen-bond acceptors (Lipinski definition) is 4. The van der Waals surface area contributed by atoms with Crippen LogP contribution in [-0.2, 0) is 9.53 Å². The van der Waals surface area contributed by atoms with Gasteiger partial charge in [-0.05, 0) is 12.1 Å². The van der Waals surface area contributed by atoms with Crippen molar-refractivity contribution in [2.45, 2.75) is 12.5 Å². The molecule has 0 aliphatic carbocycles. The Morgan fingerprint density at radius 3 is 2.75 bits per heavy atom. The predicted octanol–water partition coefficient (Wildman–Crippen LogP) is 2.26. The topological polar surface area (TPSA) is 72.5 Å². The maximum Gasteiger partial charge on any atom is 0.307 e. The molecule has 0 aliphatic heterocycles. The quantitative estimate of drug-likeness (QED) is 0.821. The smallest absolute Gasteiger partial charge is 0.307 e. The largest absolute Gasteiger partial charge is 0.506 e. The van der Waals surface area contributed by atoms with Gasteiger partial charge in [0.25, 0.3) is 0 Å². The first kappa shape index (κ1) is 13.1. The molecule has 3 N–H and O–H groups in total. The van der Waals surface area contributed by atoms with Crippen molar-refractivity contribution in [3.63, 3.8) is 0 Å². The van der Waals surface area contributed by atoms with E-state index in [1.807, 2.05) is 0 Å². The molecule has 0 saturated heterocycles. The monoisotopic (exact) mass is 263 g/mol. The fourth-order valence-electron chi connectivity index (χ4n) is 1.24. The summed E-state index contributed by atoms with van der Waals surface area (Å²) in [6.45, 7) is 0. The van der Waals surface area contributed by atoms with Crippen molar-refractivity contribution < 1.29 is 14.6 Å². The van der Waals surface area contributed by atoms with Gasteiger partial charge >= 0.3 is 5.97 Å². The van der Waals surface area contributed by atoms with Crippen molar-refractivity contribution >= 4 is 29.2 Å². The van der Waals surface area contributed by atoms with Crippen LogP contribution in [0.3, 0.4) is 0 Å². The number of esters is 1. The maximum atomic E-state index is 11.0. The second-order valence-corrected chi connectivity index (χ2v) is 4.06. The standard InChI is InChI=1S/C10H11Cl2NO3/c1-16-9(14)4-8(13)6-2-5(11)3-7(12)10(6)15/h2-3,8,15H,4,13H2,1H3. The van der Waals surface area contributed by atoms with E-state index in [1.165, 1.54) is 19.2 Å². The molecule has 6 heteroatoms. The SMILES string of the molecule is COC(=O)CC(N)c1cc(Cl)cc(Cl)c1O. The van der Waals surface area contributed by atoms with Gasteiger partial charge in [0.2, 0.25) is 0 Å². The van der Waals surface area contributed by atoms with Crippen LogP contribution in [-0.4, -0.2) is 18.2 Å². The van der Waals surface area contributed by atoms with Crippen molar-refractivity contribution in [1.82, 2.24) is 0 Å². The van der Waals surface area contributed by atoms with Crippen molar-refractivity contribution in [2.24, 2.45) is 5.73 Å². The van der Waals surface area contributed by atoms with E-state index in [2.05, 4.69) is 4.74 Å². The van der Waals surface area contributed by atoms with Crippen LogP contribution in [0, 0.1) is 0 Å². The molecule has 0 spiro atoms. The van der Waals surface area contributed by atoms with Crippen LogP contribution in [0.5, 0.6) is 5.75 Å². The summed E-state index contributed by atoms with van der Waals surface area (Å²) in [6.07, 6.45) is -0.0548. The molecule has 0 bridgehead atoms. The molecule has 1 rings (SSSR count). The third kappa shape index (κ3) is 3.01. The van der Waals surface area contributed by atoms with Gasteiger partial charge in [-0.15, -0.1) is 0 Å². The highest BCUT2D eigenvalue weighted by molar-refractivity contribution is 6.35. The number of phenols is 1. The van der Waals surface area contributed by atoms with Crippen LogP contribution in [0.1, 0.15) is 18.0 Å². The molecular formula is C10H11Cl2NO3. The second kappa shape index (κ2) is 5.39. The lowest BCUT2D eigenvalue weighted by Crippen LogP contribution is -2.16. The van der Waals surface area contributed by atoms with E-state index >= 15 is 0 Å². The minimum Gasteiger partial charge on any atom is -0.506 e. The van der Waals surface area contributed by atoms with Crippen LogP contribution in [0.15, 0.2) is 12.1 Å². The van der Waals surface area contributed by atoms with Crippen LogP contribution < -0.4 is 5.73 Å². The number of benzene rings is 1. The van der Waals surface area contributed by atoms with E-state index in [-0.39, 0.29) is 17.2 Å². The lowest BCUT2D eigenvalue weighted by atomic mass is 10.0. The highest BCUT2D eigenvalue weighted by Gasteiger charge is 2.18. The van der Waals surface area contributed by atoms with Crippen LogP contribution >= 0.6 is 23.2 Å². The first-order chi connectivity index (χ1) is 7.45. The molecule has 16 heavy (non-hydrogen) atoms. The Balaban J connectivity index is 2.99. The number of phenolic OH excluding ortho intramolecular Hbond substituents is 1. The summed E-state index contributed by atoms with van der Waals surface area (Å²) in [5, 5.41) is 10.1. The van der Waals surface area contributed by atoms with Gasteiger partial charge in [-0.25, -0.2) is 0 Å². The highest BCUT2D eigenvalue weighted by atomic mass is 35.5. The zero-order valence-electron chi connectivity index (χ0n) is 8.54. The van der Waals surface area contributed by atoms with E-state index in [0.717, 1.165) is 0 Å². The Bertz CT molecular complexity index is 409. The average Bonchev–Trinajstić information content (AvgIpc) is 2.22. The maximum absolute atomic E-state index is 11.0. The Morgan fingerprint density at radius 2 is 2.19 bits per heavy atom. The number of hydrogen-bond donors (Lipinski definition) is 2. The third-order valence-corrected chi connectivity index (χ3v) is 2.58. The number of rotatable bonds is 3. The van der Waals surface area contributed by atoms with Crippen LogP contribution in [0.25, 0.3) is 0 Å². The zero-order chi connectivity index (χ0) is 12.3. The van der Waals surface area contributed by atoms with E-state index in [0.29, 0.717) is 10.6 Å². The van der Waals surface area contributed by atoms with Crippen LogP contribution in [0.2, 0.25) is 10.0 Å². The van der Waals surface area contributed by atoms with E-state index in [4.69, 9.17) is 28.9 Å². The molecule has 1 unspecified atom stereocenters. The Morgan fingerprint density at radius 1 is 1.56 bits per heavy atom. The van der Waals surface area contributed by atoms with Gasteiger partial charge in [-0.2, -0.15) is 0 Å². The minimum absolute atomic E-state index is 0.0548. The molecule has 0 saturated carbocycles. The zero-order valence-corrected chi connectivity index (χ0v) is 10.0. The van der Waals surface area contributed by atoms with Gasteiger partial charge in [-0.1, -0.05) is 23.2 Å². The lowest BCUT2D eigenvalue weighted by molar-refractivity contribution is -0.141.